The van der Waals surface area contributed by atoms with Crippen LogP contribution in [0.3, 0.4) is 0 Å². The van der Waals surface area contributed by atoms with Gasteiger partial charge in [-0.25, -0.2) is 0 Å². The van der Waals surface area contributed by atoms with Crippen molar-refractivity contribution in [2.45, 2.75) is 44.1 Å². The highest BCUT2D eigenvalue weighted by Gasteiger charge is 2.51. The normalized spacial score (nSPS) is 36.9. The second-order valence-corrected chi connectivity index (χ2v) is 6.70. The third kappa shape index (κ3) is 1.87. The summed E-state index contributed by atoms with van der Waals surface area (Å²) in [6.45, 7) is 3.03. The second kappa shape index (κ2) is 4.22. The van der Waals surface area contributed by atoms with Gasteiger partial charge in [0.15, 0.2) is 0 Å². The van der Waals surface area contributed by atoms with E-state index in [1.807, 2.05) is 6.07 Å². The molecule has 3 atom stereocenters. The van der Waals surface area contributed by atoms with E-state index in [9.17, 15) is 5.11 Å². The molecule has 1 aromatic rings. The Morgan fingerprint density at radius 1 is 1.47 bits per heavy atom. The quantitative estimate of drug-likeness (QED) is 0.859. The van der Waals surface area contributed by atoms with Crippen molar-refractivity contribution in [1.82, 2.24) is 0 Å². The number of hydrogen-bond donors (Lipinski definition) is 2. The molecule has 0 spiro atoms. The Kier molecular flexibility index (Phi) is 2.88. The zero-order valence-electron chi connectivity index (χ0n) is 11.8. The number of benzene rings is 1. The average Bonchev–Trinajstić information content (AvgIpc) is 2.36. The summed E-state index contributed by atoms with van der Waals surface area (Å²) >= 11 is 0. The van der Waals surface area contributed by atoms with E-state index < -0.39 is 0 Å². The highest BCUT2D eigenvalue weighted by atomic mass is 16.5. The van der Waals surface area contributed by atoms with Crippen molar-refractivity contribution in [2.75, 3.05) is 13.7 Å². The van der Waals surface area contributed by atoms with E-state index in [-0.39, 0.29) is 16.9 Å². The van der Waals surface area contributed by atoms with E-state index in [0.717, 1.165) is 32.3 Å². The van der Waals surface area contributed by atoms with E-state index in [0.29, 0.717) is 5.75 Å². The first-order valence-corrected chi connectivity index (χ1v) is 7.06. The van der Waals surface area contributed by atoms with Gasteiger partial charge in [0, 0.05) is 18.6 Å². The van der Waals surface area contributed by atoms with Crippen LogP contribution in [0.15, 0.2) is 18.2 Å². The van der Waals surface area contributed by atoms with E-state index in [1.54, 1.807) is 13.2 Å². The standard InChI is InChI=1S/C16H23NO2/c1-15-6-5-14(17)16(9-15,10-19-2)8-11-3-4-12(18)7-13(11)15/h3-4,7,14,18H,5-6,8-10,17H2,1-2H3/t14-,15-,16-/m0/s1. The Labute approximate surface area is 114 Å². The lowest BCUT2D eigenvalue weighted by molar-refractivity contribution is -0.00280. The van der Waals surface area contributed by atoms with E-state index in [1.165, 1.54) is 11.1 Å². The number of rotatable bonds is 2. The number of fused-ring (bicyclic) bond motifs is 4. The molecule has 2 bridgehead atoms. The molecule has 3 rings (SSSR count). The largest absolute Gasteiger partial charge is 0.508 e. The molecule has 0 aromatic heterocycles. The topological polar surface area (TPSA) is 55.5 Å². The Bertz CT molecular complexity index is 502. The summed E-state index contributed by atoms with van der Waals surface area (Å²) < 4.78 is 5.48. The first-order valence-electron chi connectivity index (χ1n) is 7.06. The van der Waals surface area contributed by atoms with Crippen molar-refractivity contribution >= 4 is 0 Å². The van der Waals surface area contributed by atoms with Crippen molar-refractivity contribution < 1.29 is 9.84 Å². The van der Waals surface area contributed by atoms with Crippen LogP contribution in [0.1, 0.15) is 37.3 Å². The lowest BCUT2D eigenvalue weighted by Crippen LogP contribution is -2.56. The second-order valence-electron chi connectivity index (χ2n) is 6.70. The lowest BCUT2D eigenvalue weighted by atomic mass is 9.52. The smallest absolute Gasteiger partial charge is 0.115 e. The SMILES string of the molecule is COC[C@@]12Cc3ccc(O)cc3[C@@](C)(CC[C@@H]1N)C2. The van der Waals surface area contributed by atoms with E-state index in [2.05, 4.69) is 13.0 Å². The summed E-state index contributed by atoms with van der Waals surface area (Å²) in [5, 5.41) is 9.77. The van der Waals surface area contributed by atoms with Crippen molar-refractivity contribution in [2.24, 2.45) is 11.1 Å². The number of hydrogen-bond acceptors (Lipinski definition) is 3. The van der Waals surface area contributed by atoms with Gasteiger partial charge in [-0.2, -0.15) is 0 Å². The molecule has 0 heterocycles. The van der Waals surface area contributed by atoms with Crippen LogP contribution >= 0.6 is 0 Å². The Morgan fingerprint density at radius 3 is 3.00 bits per heavy atom. The summed E-state index contributed by atoms with van der Waals surface area (Å²) in [7, 11) is 1.76. The monoisotopic (exact) mass is 261 g/mol. The minimum absolute atomic E-state index is 0.0612. The maximum atomic E-state index is 9.77. The van der Waals surface area contributed by atoms with Crippen LogP contribution in [0.5, 0.6) is 5.75 Å². The molecule has 0 saturated heterocycles. The molecular formula is C16H23NO2. The van der Waals surface area contributed by atoms with Gasteiger partial charge in [-0.3, -0.25) is 0 Å². The summed E-state index contributed by atoms with van der Waals surface area (Å²) in [5.41, 5.74) is 9.25. The van der Waals surface area contributed by atoms with Gasteiger partial charge in [0.2, 0.25) is 0 Å². The molecule has 104 valence electrons. The number of phenolic OH excluding ortho intramolecular Hbond substituents is 1. The van der Waals surface area contributed by atoms with Crippen molar-refractivity contribution in [1.29, 1.82) is 0 Å². The molecule has 1 fully saturated rings. The molecule has 19 heavy (non-hydrogen) atoms. The molecule has 0 amide bonds. The molecule has 3 heteroatoms. The maximum Gasteiger partial charge on any atom is 0.115 e. The molecular weight excluding hydrogens is 238 g/mol. The zero-order chi connectivity index (χ0) is 13.7. The molecule has 1 aromatic carbocycles. The minimum Gasteiger partial charge on any atom is -0.508 e. The maximum absolute atomic E-state index is 9.77. The van der Waals surface area contributed by atoms with Gasteiger partial charge in [0.05, 0.1) is 6.61 Å². The van der Waals surface area contributed by atoms with Crippen molar-refractivity contribution in [3.63, 3.8) is 0 Å². The number of aromatic hydroxyl groups is 1. The number of nitrogens with two attached hydrogens (primary N) is 1. The fourth-order valence-electron chi connectivity index (χ4n) is 4.36. The van der Waals surface area contributed by atoms with Gasteiger partial charge in [-0.15, -0.1) is 0 Å². The van der Waals surface area contributed by atoms with Crippen LogP contribution < -0.4 is 5.73 Å². The first-order chi connectivity index (χ1) is 8.99. The molecule has 0 radical (unpaired) electrons. The Hall–Kier alpha value is -1.06. The third-order valence-corrected chi connectivity index (χ3v) is 5.25. The van der Waals surface area contributed by atoms with Crippen LogP contribution in [-0.4, -0.2) is 24.9 Å². The predicted molar refractivity (Wildman–Crippen MR) is 75.3 cm³/mol. The van der Waals surface area contributed by atoms with Crippen LogP contribution in [0.4, 0.5) is 0 Å². The first kappa shape index (κ1) is 12.9. The number of ether oxygens (including phenoxy) is 1. The summed E-state index contributed by atoms with van der Waals surface area (Å²) in [5.74, 6) is 0.370. The summed E-state index contributed by atoms with van der Waals surface area (Å²) in [6, 6.07) is 6.00. The molecule has 0 aliphatic heterocycles. The Balaban J connectivity index is 2.11. The average molecular weight is 261 g/mol. The zero-order valence-corrected chi connectivity index (χ0v) is 11.8. The van der Waals surface area contributed by atoms with Crippen molar-refractivity contribution in [3.8, 4) is 5.75 Å². The highest BCUT2D eigenvalue weighted by Crippen LogP contribution is 2.54. The third-order valence-electron chi connectivity index (χ3n) is 5.25. The van der Waals surface area contributed by atoms with Crippen LogP contribution in [0.2, 0.25) is 0 Å². The molecule has 2 aliphatic carbocycles. The summed E-state index contributed by atoms with van der Waals surface area (Å²) in [6.07, 6.45) is 4.16. The Morgan fingerprint density at radius 2 is 2.26 bits per heavy atom. The minimum atomic E-state index is 0.0612. The fourth-order valence-corrected chi connectivity index (χ4v) is 4.36. The van der Waals surface area contributed by atoms with Crippen LogP contribution in [0, 0.1) is 5.41 Å². The number of phenols is 1. The van der Waals surface area contributed by atoms with Gasteiger partial charge in [0.1, 0.15) is 5.75 Å². The van der Waals surface area contributed by atoms with Gasteiger partial charge >= 0.3 is 0 Å². The highest BCUT2D eigenvalue weighted by molar-refractivity contribution is 5.44. The molecule has 3 nitrogen and oxygen atoms in total. The van der Waals surface area contributed by atoms with Crippen LogP contribution in [-0.2, 0) is 16.6 Å². The van der Waals surface area contributed by atoms with Gasteiger partial charge in [-0.1, -0.05) is 13.0 Å². The van der Waals surface area contributed by atoms with E-state index >= 15 is 0 Å². The van der Waals surface area contributed by atoms with Crippen LogP contribution in [0.25, 0.3) is 0 Å². The van der Waals surface area contributed by atoms with Crippen molar-refractivity contribution in [3.05, 3.63) is 29.3 Å². The van der Waals surface area contributed by atoms with Gasteiger partial charge < -0.3 is 15.6 Å². The lowest BCUT2D eigenvalue weighted by Gasteiger charge is -2.54. The predicted octanol–water partition coefficient (Wildman–Crippen LogP) is 2.35. The summed E-state index contributed by atoms with van der Waals surface area (Å²) in [4.78, 5) is 0. The van der Waals surface area contributed by atoms with Gasteiger partial charge in [0.25, 0.3) is 0 Å². The molecule has 3 N–H and O–H groups in total. The molecule has 1 saturated carbocycles. The number of methoxy groups -OCH3 is 1. The fraction of sp³-hybridized carbons (Fsp3) is 0.625. The van der Waals surface area contributed by atoms with Gasteiger partial charge in [-0.05, 0) is 54.4 Å². The molecule has 0 unspecified atom stereocenters. The van der Waals surface area contributed by atoms with E-state index in [4.69, 9.17) is 10.5 Å². The molecule has 2 aliphatic rings.